The molecule has 0 aliphatic carbocycles. The number of aliphatic carboxylic acids is 1. The zero-order valence-electron chi connectivity index (χ0n) is 21.7. The van der Waals surface area contributed by atoms with Gasteiger partial charge in [-0.2, -0.15) is 4.98 Å². The molecular weight excluding hydrogens is 454 g/mol. The summed E-state index contributed by atoms with van der Waals surface area (Å²) in [5, 5.41) is 17.1. The molecule has 2 atom stereocenters. The highest BCUT2D eigenvalue weighted by atomic mass is 16.5. The number of nitrogens with two attached hydrogens (primary N) is 1. The lowest BCUT2D eigenvalue weighted by molar-refractivity contribution is -0.137. The quantitative estimate of drug-likeness (QED) is 0.349. The van der Waals surface area contributed by atoms with Gasteiger partial charge in [0.15, 0.2) is 5.82 Å². The molecule has 2 unspecified atom stereocenters. The van der Waals surface area contributed by atoms with Crippen LogP contribution in [0.3, 0.4) is 0 Å². The molecule has 0 saturated carbocycles. The maximum absolute atomic E-state index is 11.9. The van der Waals surface area contributed by atoms with E-state index in [4.69, 9.17) is 10.3 Å². The highest BCUT2D eigenvalue weighted by Gasteiger charge is 2.29. The third kappa shape index (κ3) is 5.38. The number of likely N-dealkylation sites (tertiary alicyclic amines) is 1. The van der Waals surface area contributed by atoms with Crippen LogP contribution in [0.2, 0.25) is 0 Å². The molecule has 1 aromatic heterocycles. The Morgan fingerprint density at radius 1 is 1.28 bits per heavy atom. The zero-order valence-corrected chi connectivity index (χ0v) is 21.7. The Bertz CT molecular complexity index is 1220. The molecule has 2 aromatic carbocycles. The first-order chi connectivity index (χ1) is 17.3. The lowest BCUT2D eigenvalue weighted by atomic mass is 9.84. The van der Waals surface area contributed by atoms with Crippen molar-refractivity contribution in [2.45, 2.75) is 71.4 Å². The van der Waals surface area contributed by atoms with Gasteiger partial charge in [-0.15, -0.1) is 0 Å². The highest BCUT2D eigenvalue weighted by molar-refractivity contribution is 5.74. The number of hydrogen-bond donors (Lipinski definition) is 3. The molecule has 2 heterocycles. The fourth-order valence-corrected chi connectivity index (χ4v) is 5.24. The van der Waals surface area contributed by atoms with Gasteiger partial charge in [0.2, 0.25) is 5.89 Å². The molecule has 3 aromatic rings. The van der Waals surface area contributed by atoms with Crippen molar-refractivity contribution in [2.24, 2.45) is 0 Å². The Morgan fingerprint density at radius 3 is 2.78 bits per heavy atom. The Hall–Kier alpha value is -3.39. The molecule has 8 nitrogen and oxygen atoms in total. The van der Waals surface area contributed by atoms with Gasteiger partial charge in [0, 0.05) is 25.9 Å². The number of anilines is 2. The minimum atomic E-state index is -0.835. The van der Waals surface area contributed by atoms with Gasteiger partial charge in [-0.05, 0) is 67.1 Å². The summed E-state index contributed by atoms with van der Waals surface area (Å²) >= 11 is 0. The van der Waals surface area contributed by atoms with E-state index in [2.05, 4.69) is 45.5 Å². The average molecular weight is 492 g/mol. The molecule has 0 radical (unpaired) electrons. The molecule has 1 saturated heterocycles. The van der Waals surface area contributed by atoms with Gasteiger partial charge in [0.25, 0.3) is 0 Å². The summed E-state index contributed by atoms with van der Waals surface area (Å²) in [5.74, 6) is 0.304. The topological polar surface area (TPSA) is 118 Å². The van der Waals surface area contributed by atoms with Crippen LogP contribution in [-0.2, 0) is 17.8 Å². The average Bonchev–Trinajstić information content (AvgIpc) is 3.35. The van der Waals surface area contributed by atoms with Gasteiger partial charge in [-0.25, -0.2) is 0 Å². The molecule has 0 amide bonds. The number of aryl methyl sites for hydroxylation is 2. The molecular formula is C28H37N5O3. The van der Waals surface area contributed by atoms with E-state index in [0.29, 0.717) is 11.6 Å². The Morgan fingerprint density at radius 2 is 2.08 bits per heavy atom. The van der Waals surface area contributed by atoms with Crippen LogP contribution >= 0.6 is 0 Å². The zero-order chi connectivity index (χ0) is 25.8. The Kier molecular flexibility index (Phi) is 7.94. The summed E-state index contributed by atoms with van der Waals surface area (Å²) in [6.07, 6.45) is 3.99. The summed E-state index contributed by atoms with van der Waals surface area (Å²) in [6, 6.07) is 10.4. The molecule has 1 fully saturated rings. The second-order valence-electron chi connectivity index (χ2n) is 9.71. The van der Waals surface area contributed by atoms with Gasteiger partial charge in [-0.3, -0.25) is 9.69 Å². The first-order valence-corrected chi connectivity index (χ1v) is 12.8. The number of aromatic nitrogens is 2. The number of piperidine rings is 1. The molecule has 0 bridgehead atoms. The van der Waals surface area contributed by atoms with Gasteiger partial charge in [0.05, 0.1) is 23.8 Å². The summed E-state index contributed by atoms with van der Waals surface area (Å²) in [7, 11) is 1.83. The lowest BCUT2D eigenvalue weighted by Crippen LogP contribution is -2.33. The molecule has 4 rings (SSSR count). The van der Waals surface area contributed by atoms with Crippen LogP contribution in [0.1, 0.15) is 84.1 Å². The molecule has 1 aliphatic heterocycles. The fourth-order valence-electron chi connectivity index (χ4n) is 5.24. The summed E-state index contributed by atoms with van der Waals surface area (Å²) in [5.41, 5.74) is 13.1. The molecule has 36 heavy (non-hydrogen) atoms. The van der Waals surface area contributed by atoms with Crippen LogP contribution in [0.5, 0.6) is 0 Å². The van der Waals surface area contributed by atoms with Crippen molar-refractivity contribution in [3.63, 3.8) is 0 Å². The van der Waals surface area contributed by atoms with Crippen molar-refractivity contribution in [1.82, 2.24) is 15.0 Å². The predicted molar refractivity (Wildman–Crippen MR) is 141 cm³/mol. The van der Waals surface area contributed by atoms with Crippen LogP contribution in [0.25, 0.3) is 0 Å². The second-order valence-corrected chi connectivity index (χ2v) is 9.71. The van der Waals surface area contributed by atoms with Crippen molar-refractivity contribution in [1.29, 1.82) is 0 Å². The van der Waals surface area contributed by atoms with Crippen LogP contribution < -0.4 is 11.1 Å². The van der Waals surface area contributed by atoms with E-state index >= 15 is 0 Å². The number of rotatable bonds is 9. The van der Waals surface area contributed by atoms with Crippen LogP contribution in [0.15, 0.2) is 34.9 Å². The monoisotopic (exact) mass is 491 g/mol. The number of nitrogens with zero attached hydrogens (tertiary/aromatic N) is 3. The Labute approximate surface area is 212 Å². The number of hydrogen-bond acceptors (Lipinski definition) is 7. The van der Waals surface area contributed by atoms with Crippen molar-refractivity contribution in [3.05, 3.63) is 69.9 Å². The van der Waals surface area contributed by atoms with Crippen LogP contribution in [-0.4, -0.2) is 39.7 Å². The molecule has 0 spiro atoms. The van der Waals surface area contributed by atoms with E-state index in [1.54, 1.807) is 0 Å². The van der Waals surface area contributed by atoms with E-state index in [0.717, 1.165) is 67.0 Å². The predicted octanol–water partition coefficient (Wildman–Crippen LogP) is 5.21. The minimum Gasteiger partial charge on any atom is -0.481 e. The minimum absolute atomic E-state index is 0.00330. The number of nitrogen functional groups attached to an aromatic ring is 1. The van der Waals surface area contributed by atoms with Gasteiger partial charge >= 0.3 is 5.97 Å². The molecule has 8 heteroatoms. The van der Waals surface area contributed by atoms with E-state index in [-0.39, 0.29) is 18.4 Å². The standard InChI is InChI=1S/C28H37N5O3/c1-5-25-31-28(32-36-25)24-8-6-7-13-33(24)16-20-14-19(10-9-17(20)2)22(15-26(34)35)21-11-12-23(30-4)27(29)18(21)3/h9-12,14,22,24,30H,5-8,13,15-16,29H2,1-4H3,(H,34,35). The molecule has 1 aliphatic rings. The summed E-state index contributed by atoms with van der Waals surface area (Å²) < 4.78 is 5.41. The van der Waals surface area contributed by atoms with Crippen LogP contribution in [0.4, 0.5) is 11.4 Å². The largest absolute Gasteiger partial charge is 0.481 e. The van der Waals surface area contributed by atoms with Crippen molar-refractivity contribution < 1.29 is 14.4 Å². The van der Waals surface area contributed by atoms with Crippen molar-refractivity contribution >= 4 is 17.3 Å². The number of carbonyl (C=O) groups is 1. The maximum atomic E-state index is 11.9. The third-order valence-corrected chi connectivity index (χ3v) is 7.43. The number of nitrogens with one attached hydrogen (secondary N) is 1. The Balaban J connectivity index is 1.67. The second kappa shape index (κ2) is 11.1. The van der Waals surface area contributed by atoms with Crippen molar-refractivity contribution in [3.8, 4) is 0 Å². The maximum Gasteiger partial charge on any atom is 0.304 e. The number of carboxylic acid groups (broad SMARTS) is 1. The van der Waals surface area contributed by atoms with Gasteiger partial charge < -0.3 is 20.7 Å². The van der Waals surface area contributed by atoms with E-state index < -0.39 is 5.97 Å². The number of benzene rings is 2. The van der Waals surface area contributed by atoms with Crippen LogP contribution in [0, 0.1) is 13.8 Å². The normalized spacial score (nSPS) is 17.2. The molecule has 192 valence electrons. The first kappa shape index (κ1) is 25.7. The first-order valence-electron chi connectivity index (χ1n) is 12.8. The number of carboxylic acids is 1. The summed E-state index contributed by atoms with van der Waals surface area (Å²) in [4.78, 5) is 18.9. The lowest BCUT2D eigenvalue weighted by Gasteiger charge is -2.34. The van der Waals surface area contributed by atoms with Crippen molar-refractivity contribution in [2.75, 3.05) is 24.6 Å². The fraction of sp³-hybridized carbons (Fsp3) is 0.464. The molecule has 4 N–H and O–H groups in total. The highest BCUT2D eigenvalue weighted by Crippen LogP contribution is 2.37. The smallest absolute Gasteiger partial charge is 0.304 e. The summed E-state index contributed by atoms with van der Waals surface area (Å²) in [6.45, 7) is 7.80. The van der Waals surface area contributed by atoms with Gasteiger partial charge in [0.1, 0.15) is 0 Å². The van der Waals surface area contributed by atoms with E-state index in [1.807, 2.05) is 33.0 Å². The SMILES string of the molecule is CCc1nc(C2CCCCN2Cc2cc(C(CC(=O)O)c3ccc(NC)c(N)c3C)ccc2C)no1. The third-order valence-electron chi connectivity index (χ3n) is 7.43. The van der Waals surface area contributed by atoms with E-state index in [1.165, 1.54) is 11.1 Å². The van der Waals surface area contributed by atoms with E-state index in [9.17, 15) is 9.90 Å². The van der Waals surface area contributed by atoms with Gasteiger partial charge in [-0.1, -0.05) is 42.8 Å².